The van der Waals surface area contributed by atoms with Crippen molar-refractivity contribution in [2.75, 3.05) is 19.3 Å². The molecule has 16 heavy (non-hydrogen) atoms. The van der Waals surface area contributed by atoms with E-state index in [0.717, 1.165) is 25.9 Å². The molecular formula is C12H24N2OS. The van der Waals surface area contributed by atoms with Crippen LogP contribution in [0.2, 0.25) is 0 Å². The van der Waals surface area contributed by atoms with Crippen LogP contribution >= 0.6 is 11.8 Å². The van der Waals surface area contributed by atoms with Crippen molar-refractivity contribution < 1.29 is 4.79 Å². The van der Waals surface area contributed by atoms with Gasteiger partial charge in [0.15, 0.2) is 0 Å². The Balaban J connectivity index is 2.19. The molecule has 1 aliphatic rings. The summed E-state index contributed by atoms with van der Waals surface area (Å²) in [4.78, 5) is 11.8. The molecule has 2 N–H and O–H groups in total. The highest BCUT2D eigenvalue weighted by Crippen LogP contribution is 2.15. The summed E-state index contributed by atoms with van der Waals surface area (Å²) >= 11 is 1.85. The zero-order valence-electron chi connectivity index (χ0n) is 10.6. The molecule has 4 heteroatoms. The van der Waals surface area contributed by atoms with Gasteiger partial charge in [0, 0.05) is 11.8 Å². The van der Waals surface area contributed by atoms with Crippen molar-refractivity contribution in [2.45, 2.75) is 44.4 Å². The van der Waals surface area contributed by atoms with E-state index >= 15 is 0 Å². The topological polar surface area (TPSA) is 41.1 Å². The molecule has 3 nitrogen and oxygen atoms in total. The second-order valence-corrected chi connectivity index (χ2v) is 6.04. The van der Waals surface area contributed by atoms with Gasteiger partial charge >= 0.3 is 0 Å². The fraction of sp³-hybridized carbons (Fsp3) is 0.917. The summed E-state index contributed by atoms with van der Waals surface area (Å²) in [5.74, 6) is 0.849. The zero-order valence-corrected chi connectivity index (χ0v) is 11.4. The molecule has 3 unspecified atom stereocenters. The van der Waals surface area contributed by atoms with Crippen molar-refractivity contribution in [3.63, 3.8) is 0 Å². The number of carbonyl (C=O) groups is 1. The molecule has 0 saturated carbocycles. The Hall–Kier alpha value is -0.220. The molecule has 1 amide bonds. The van der Waals surface area contributed by atoms with Crippen molar-refractivity contribution in [1.29, 1.82) is 0 Å². The monoisotopic (exact) mass is 244 g/mol. The molecule has 1 rings (SSSR count). The third kappa shape index (κ3) is 4.74. The molecule has 0 aromatic carbocycles. The number of carbonyl (C=O) groups excluding carboxylic acids is 1. The highest BCUT2D eigenvalue weighted by Gasteiger charge is 2.23. The maximum Gasteiger partial charge on any atom is 0.237 e. The van der Waals surface area contributed by atoms with E-state index in [9.17, 15) is 4.79 Å². The van der Waals surface area contributed by atoms with E-state index in [4.69, 9.17) is 0 Å². The van der Waals surface area contributed by atoms with Gasteiger partial charge in [-0.2, -0.15) is 11.8 Å². The van der Waals surface area contributed by atoms with E-state index < -0.39 is 0 Å². The average Bonchev–Trinajstić information content (AvgIpc) is 2.28. The first kappa shape index (κ1) is 13.8. The molecule has 0 radical (unpaired) electrons. The van der Waals surface area contributed by atoms with Gasteiger partial charge in [0.2, 0.25) is 5.91 Å². The van der Waals surface area contributed by atoms with E-state index in [1.165, 1.54) is 6.42 Å². The highest BCUT2D eigenvalue weighted by molar-refractivity contribution is 7.99. The quantitative estimate of drug-likeness (QED) is 0.772. The van der Waals surface area contributed by atoms with Crippen LogP contribution in [0.15, 0.2) is 0 Å². The largest absolute Gasteiger partial charge is 0.355 e. The van der Waals surface area contributed by atoms with Gasteiger partial charge in [-0.15, -0.1) is 0 Å². The Kier molecular flexibility index (Phi) is 6.21. The lowest BCUT2D eigenvalue weighted by molar-refractivity contribution is -0.124. The van der Waals surface area contributed by atoms with E-state index in [0.29, 0.717) is 11.2 Å². The second kappa shape index (κ2) is 7.17. The minimum atomic E-state index is 0.0355. The van der Waals surface area contributed by atoms with Crippen LogP contribution in [0.4, 0.5) is 0 Å². The first-order valence-corrected chi connectivity index (χ1v) is 7.46. The number of thioether (sulfide) groups is 1. The first-order chi connectivity index (χ1) is 7.63. The Morgan fingerprint density at radius 3 is 3.00 bits per heavy atom. The van der Waals surface area contributed by atoms with E-state index in [1.54, 1.807) is 0 Å². The molecule has 1 aliphatic heterocycles. The standard InChI is InChI=1S/C12H24N2OS/c1-9-4-6-13-11(8-9)12(15)14-7-5-10(2)16-3/h9-11,13H,4-8H2,1-3H3,(H,14,15). The minimum absolute atomic E-state index is 0.0355. The number of hydrogen-bond acceptors (Lipinski definition) is 3. The fourth-order valence-corrected chi connectivity index (χ4v) is 2.30. The number of nitrogens with one attached hydrogen (secondary N) is 2. The lowest BCUT2D eigenvalue weighted by Crippen LogP contribution is -2.48. The lowest BCUT2D eigenvalue weighted by Gasteiger charge is -2.27. The highest BCUT2D eigenvalue weighted by atomic mass is 32.2. The van der Waals surface area contributed by atoms with Gasteiger partial charge in [0.05, 0.1) is 6.04 Å². The van der Waals surface area contributed by atoms with Crippen LogP contribution in [0.5, 0.6) is 0 Å². The van der Waals surface area contributed by atoms with Crippen LogP contribution in [0.25, 0.3) is 0 Å². The number of rotatable bonds is 5. The van der Waals surface area contributed by atoms with E-state index in [-0.39, 0.29) is 11.9 Å². The summed E-state index contributed by atoms with van der Waals surface area (Å²) in [5.41, 5.74) is 0. The Morgan fingerprint density at radius 2 is 2.38 bits per heavy atom. The van der Waals surface area contributed by atoms with Crippen molar-refractivity contribution in [2.24, 2.45) is 5.92 Å². The summed E-state index contributed by atoms with van der Waals surface area (Å²) in [7, 11) is 0. The Labute approximate surface area is 103 Å². The maximum absolute atomic E-state index is 11.8. The molecule has 1 saturated heterocycles. The maximum atomic E-state index is 11.8. The molecule has 0 spiro atoms. The first-order valence-electron chi connectivity index (χ1n) is 6.17. The summed E-state index contributed by atoms with van der Waals surface area (Å²) in [6.07, 6.45) is 5.32. The summed E-state index contributed by atoms with van der Waals surface area (Å²) in [6.45, 7) is 6.18. The summed E-state index contributed by atoms with van der Waals surface area (Å²) in [5, 5.41) is 6.93. The fourth-order valence-electron chi connectivity index (χ4n) is 1.95. The molecular weight excluding hydrogens is 220 g/mol. The molecule has 3 atom stereocenters. The minimum Gasteiger partial charge on any atom is -0.355 e. The van der Waals surface area contributed by atoms with Gasteiger partial charge in [-0.05, 0) is 38.0 Å². The zero-order chi connectivity index (χ0) is 12.0. The lowest BCUT2D eigenvalue weighted by atomic mass is 9.94. The number of amides is 1. The molecule has 1 heterocycles. The van der Waals surface area contributed by atoms with Crippen LogP contribution in [0.3, 0.4) is 0 Å². The predicted octanol–water partition coefficient (Wildman–Crippen LogP) is 1.63. The van der Waals surface area contributed by atoms with E-state index in [2.05, 4.69) is 30.7 Å². The van der Waals surface area contributed by atoms with Gasteiger partial charge in [-0.3, -0.25) is 4.79 Å². The average molecular weight is 244 g/mol. The van der Waals surface area contributed by atoms with Gasteiger partial charge in [-0.1, -0.05) is 13.8 Å². The SMILES string of the molecule is CSC(C)CCNC(=O)C1CC(C)CCN1. The smallest absolute Gasteiger partial charge is 0.237 e. The van der Waals surface area contributed by atoms with Gasteiger partial charge in [0.1, 0.15) is 0 Å². The normalized spacial score (nSPS) is 27.4. The van der Waals surface area contributed by atoms with Gasteiger partial charge in [0.25, 0.3) is 0 Å². The van der Waals surface area contributed by atoms with Crippen LogP contribution in [-0.4, -0.2) is 36.5 Å². The molecule has 1 fully saturated rings. The molecule has 94 valence electrons. The van der Waals surface area contributed by atoms with Crippen LogP contribution in [0, 0.1) is 5.92 Å². The Bertz CT molecular complexity index is 223. The van der Waals surface area contributed by atoms with Gasteiger partial charge in [-0.25, -0.2) is 0 Å². The molecule has 0 aliphatic carbocycles. The predicted molar refractivity (Wildman–Crippen MR) is 70.8 cm³/mol. The van der Waals surface area contributed by atoms with Crippen molar-refractivity contribution >= 4 is 17.7 Å². The van der Waals surface area contributed by atoms with Crippen molar-refractivity contribution in [3.8, 4) is 0 Å². The third-order valence-electron chi connectivity index (χ3n) is 3.23. The summed E-state index contributed by atoms with van der Waals surface area (Å²) < 4.78 is 0. The third-order valence-corrected chi connectivity index (χ3v) is 4.28. The number of hydrogen-bond donors (Lipinski definition) is 2. The summed E-state index contributed by atoms with van der Waals surface area (Å²) in [6, 6.07) is 0.0355. The van der Waals surface area contributed by atoms with Crippen LogP contribution in [-0.2, 0) is 4.79 Å². The number of piperidine rings is 1. The van der Waals surface area contributed by atoms with E-state index in [1.807, 2.05) is 11.8 Å². The second-order valence-electron chi connectivity index (χ2n) is 4.76. The van der Waals surface area contributed by atoms with Crippen molar-refractivity contribution in [1.82, 2.24) is 10.6 Å². The van der Waals surface area contributed by atoms with Gasteiger partial charge < -0.3 is 10.6 Å². The van der Waals surface area contributed by atoms with Crippen LogP contribution in [0.1, 0.15) is 33.1 Å². The molecule has 0 bridgehead atoms. The molecule has 0 aromatic heterocycles. The molecule has 0 aromatic rings. The Morgan fingerprint density at radius 1 is 1.62 bits per heavy atom. The van der Waals surface area contributed by atoms with Crippen LogP contribution < -0.4 is 10.6 Å². The van der Waals surface area contributed by atoms with Crippen molar-refractivity contribution in [3.05, 3.63) is 0 Å².